The van der Waals surface area contributed by atoms with E-state index in [9.17, 15) is 4.79 Å². The second kappa shape index (κ2) is 5.83. The van der Waals surface area contributed by atoms with Crippen molar-refractivity contribution >= 4 is 28.2 Å². The summed E-state index contributed by atoms with van der Waals surface area (Å²) < 4.78 is 0. The molecule has 23 heavy (non-hydrogen) atoms. The van der Waals surface area contributed by atoms with Crippen LogP contribution in [-0.2, 0) is 4.79 Å². The molecule has 0 atom stereocenters. The number of anilines is 2. The molecule has 0 bridgehead atoms. The molecule has 0 spiro atoms. The maximum atomic E-state index is 12.9. The largest absolute Gasteiger partial charge is 0.279 e. The fourth-order valence-electron chi connectivity index (χ4n) is 2.53. The molecule has 5 heteroatoms. The molecule has 0 aliphatic rings. The van der Waals surface area contributed by atoms with Crippen molar-refractivity contribution in [1.29, 1.82) is 0 Å². The Kier molecular flexibility index (Phi) is 3.86. The lowest BCUT2D eigenvalue weighted by atomic mass is 9.91. The number of H-pyrrole nitrogens is 1. The molecule has 3 rings (SSSR count). The molecule has 1 N–H and O–H groups in total. The van der Waals surface area contributed by atoms with Crippen molar-refractivity contribution in [1.82, 2.24) is 15.2 Å². The van der Waals surface area contributed by atoms with Crippen molar-refractivity contribution in [3.8, 4) is 0 Å². The van der Waals surface area contributed by atoms with Gasteiger partial charge in [-0.2, -0.15) is 5.10 Å². The lowest BCUT2D eigenvalue weighted by molar-refractivity contribution is -0.119. The summed E-state index contributed by atoms with van der Waals surface area (Å²) in [5.74, 6) is 0.0494. The van der Waals surface area contributed by atoms with Gasteiger partial charge in [-0.3, -0.25) is 19.8 Å². The summed E-state index contributed by atoms with van der Waals surface area (Å²) in [5.41, 5.74) is 2.45. The second-order valence-corrected chi connectivity index (χ2v) is 6.82. The summed E-state index contributed by atoms with van der Waals surface area (Å²) in [6.45, 7) is 6.18. The van der Waals surface area contributed by atoms with Crippen LogP contribution in [0.1, 0.15) is 27.2 Å². The molecule has 5 nitrogen and oxygen atoms in total. The van der Waals surface area contributed by atoms with E-state index in [0.717, 1.165) is 22.3 Å². The van der Waals surface area contributed by atoms with Crippen molar-refractivity contribution in [3.05, 3.63) is 48.9 Å². The fourth-order valence-corrected chi connectivity index (χ4v) is 2.53. The third-order valence-corrected chi connectivity index (χ3v) is 3.52. The van der Waals surface area contributed by atoms with E-state index in [1.807, 2.05) is 30.3 Å². The average Bonchev–Trinajstić information content (AvgIpc) is 2.94. The number of hydrogen-bond acceptors (Lipinski definition) is 3. The number of nitrogens with one attached hydrogen (secondary N) is 1. The van der Waals surface area contributed by atoms with Crippen LogP contribution in [-0.4, -0.2) is 21.1 Å². The maximum absolute atomic E-state index is 12.9. The first kappa shape index (κ1) is 15.2. The molecule has 3 aromatic rings. The Balaban J connectivity index is 2.05. The number of aromatic amines is 1. The molecule has 0 aliphatic carbocycles. The molecule has 118 valence electrons. The van der Waals surface area contributed by atoms with E-state index in [1.165, 1.54) is 0 Å². The number of amides is 1. The summed E-state index contributed by atoms with van der Waals surface area (Å²) in [5, 5.41) is 7.94. The van der Waals surface area contributed by atoms with Crippen LogP contribution in [0.3, 0.4) is 0 Å². The van der Waals surface area contributed by atoms with Crippen LogP contribution < -0.4 is 4.90 Å². The van der Waals surface area contributed by atoms with Crippen LogP contribution >= 0.6 is 0 Å². The molecule has 0 radical (unpaired) electrons. The van der Waals surface area contributed by atoms with Crippen LogP contribution in [0.2, 0.25) is 0 Å². The molecule has 1 amide bonds. The SMILES string of the molecule is CC(C)(C)CC(=O)N(c1cccnc1)c1ccc2[nH]ncc2c1. The van der Waals surface area contributed by atoms with E-state index in [2.05, 4.69) is 36.0 Å². The molecule has 1 aromatic carbocycles. The van der Waals surface area contributed by atoms with Gasteiger partial charge in [0.25, 0.3) is 0 Å². The van der Waals surface area contributed by atoms with Crippen LogP contribution in [0.15, 0.2) is 48.9 Å². The summed E-state index contributed by atoms with van der Waals surface area (Å²) >= 11 is 0. The fraction of sp³-hybridized carbons (Fsp3) is 0.278. The number of carbonyl (C=O) groups is 1. The highest BCUT2D eigenvalue weighted by atomic mass is 16.2. The van der Waals surface area contributed by atoms with Crippen LogP contribution in [0, 0.1) is 5.41 Å². The van der Waals surface area contributed by atoms with Gasteiger partial charge in [-0.25, -0.2) is 0 Å². The minimum absolute atomic E-state index is 0.0494. The van der Waals surface area contributed by atoms with Gasteiger partial charge in [-0.15, -0.1) is 0 Å². The van der Waals surface area contributed by atoms with E-state index in [0.29, 0.717) is 6.42 Å². The van der Waals surface area contributed by atoms with Crippen LogP contribution in [0.25, 0.3) is 10.9 Å². The number of fused-ring (bicyclic) bond motifs is 1. The molecular weight excluding hydrogens is 288 g/mol. The number of hydrogen-bond donors (Lipinski definition) is 1. The highest BCUT2D eigenvalue weighted by molar-refractivity contribution is 6.02. The van der Waals surface area contributed by atoms with Crippen molar-refractivity contribution in [2.45, 2.75) is 27.2 Å². The Hall–Kier alpha value is -2.69. The monoisotopic (exact) mass is 308 g/mol. The van der Waals surface area contributed by atoms with Gasteiger partial charge in [0.15, 0.2) is 0 Å². The first-order valence-corrected chi connectivity index (χ1v) is 7.60. The lowest BCUT2D eigenvalue weighted by Gasteiger charge is -2.26. The van der Waals surface area contributed by atoms with Gasteiger partial charge in [-0.1, -0.05) is 20.8 Å². The smallest absolute Gasteiger partial charge is 0.232 e. The van der Waals surface area contributed by atoms with Gasteiger partial charge in [0, 0.05) is 23.7 Å². The van der Waals surface area contributed by atoms with Gasteiger partial charge in [-0.05, 0) is 35.7 Å². The van der Waals surface area contributed by atoms with E-state index < -0.39 is 0 Å². The van der Waals surface area contributed by atoms with Crippen molar-refractivity contribution in [2.24, 2.45) is 5.41 Å². The topological polar surface area (TPSA) is 61.9 Å². The molecule has 0 saturated carbocycles. The Labute approximate surface area is 135 Å². The summed E-state index contributed by atoms with van der Waals surface area (Å²) in [4.78, 5) is 18.8. The maximum Gasteiger partial charge on any atom is 0.232 e. The number of nitrogens with zero attached hydrogens (tertiary/aromatic N) is 3. The van der Waals surface area contributed by atoms with Gasteiger partial charge in [0.2, 0.25) is 5.91 Å². The standard InChI is InChI=1S/C18H20N4O/c1-18(2,3)10-17(23)22(15-5-4-8-19-12-15)14-6-7-16-13(9-14)11-20-21-16/h4-9,11-12H,10H2,1-3H3,(H,20,21). The molecule has 0 unspecified atom stereocenters. The number of pyridine rings is 1. The van der Waals surface area contributed by atoms with Gasteiger partial charge < -0.3 is 0 Å². The third kappa shape index (κ3) is 3.39. The highest BCUT2D eigenvalue weighted by Crippen LogP contribution is 2.31. The van der Waals surface area contributed by atoms with E-state index in [1.54, 1.807) is 23.5 Å². The Morgan fingerprint density at radius 1 is 1.17 bits per heavy atom. The first-order valence-electron chi connectivity index (χ1n) is 7.60. The van der Waals surface area contributed by atoms with E-state index >= 15 is 0 Å². The molecular formula is C18H20N4O. The quantitative estimate of drug-likeness (QED) is 0.793. The Morgan fingerprint density at radius 3 is 2.70 bits per heavy atom. The second-order valence-electron chi connectivity index (χ2n) is 6.82. The number of aromatic nitrogens is 3. The lowest BCUT2D eigenvalue weighted by Crippen LogP contribution is -2.29. The molecule has 0 aliphatic heterocycles. The minimum atomic E-state index is -0.0860. The first-order chi connectivity index (χ1) is 10.9. The molecule has 2 heterocycles. The number of benzene rings is 1. The van der Waals surface area contributed by atoms with Crippen LogP contribution in [0.5, 0.6) is 0 Å². The highest BCUT2D eigenvalue weighted by Gasteiger charge is 2.24. The summed E-state index contributed by atoms with van der Waals surface area (Å²) in [6, 6.07) is 9.56. The zero-order valence-electron chi connectivity index (χ0n) is 13.6. The van der Waals surface area contributed by atoms with Gasteiger partial charge in [0.05, 0.1) is 23.6 Å². The summed E-state index contributed by atoms with van der Waals surface area (Å²) in [6.07, 6.45) is 5.62. The van der Waals surface area contributed by atoms with Crippen molar-refractivity contribution < 1.29 is 4.79 Å². The zero-order valence-corrected chi connectivity index (χ0v) is 13.6. The molecule has 0 fully saturated rings. The Morgan fingerprint density at radius 2 is 2.00 bits per heavy atom. The zero-order chi connectivity index (χ0) is 16.4. The number of carbonyl (C=O) groups excluding carboxylic acids is 1. The number of rotatable bonds is 3. The molecule has 2 aromatic heterocycles. The van der Waals surface area contributed by atoms with E-state index in [4.69, 9.17) is 0 Å². The minimum Gasteiger partial charge on any atom is -0.279 e. The van der Waals surface area contributed by atoms with Crippen molar-refractivity contribution in [2.75, 3.05) is 4.90 Å². The van der Waals surface area contributed by atoms with Gasteiger partial charge >= 0.3 is 0 Å². The third-order valence-electron chi connectivity index (χ3n) is 3.52. The van der Waals surface area contributed by atoms with Gasteiger partial charge in [0.1, 0.15) is 0 Å². The van der Waals surface area contributed by atoms with E-state index in [-0.39, 0.29) is 11.3 Å². The van der Waals surface area contributed by atoms with Crippen molar-refractivity contribution in [3.63, 3.8) is 0 Å². The Bertz CT molecular complexity index is 818. The van der Waals surface area contributed by atoms with Crippen LogP contribution in [0.4, 0.5) is 11.4 Å². The molecule has 0 saturated heterocycles. The predicted octanol–water partition coefficient (Wildman–Crippen LogP) is 4.06. The average molecular weight is 308 g/mol. The normalized spacial score (nSPS) is 11.6. The summed E-state index contributed by atoms with van der Waals surface area (Å²) in [7, 11) is 0. The predicted molar refractivity (Wildman–Crippen MR) is 91.5 cm³/mol.